The van der Waals surface area contributed by atoms with E-state index in [0.717, 1.165) is 20.2 Å². The number of nitrogens with one attached hydrogen (secondary N) is 1. The molecule has 5 nitrogen and oxygen atoms in total. The van der Waals surface area contributed by atoms with Crippen LogP contribution in [0.2, 0.25) is 0 Å². The normalized spacial score (nSPS) is 10.2. The molecule has 2 aromatic carbocycles. The van der Waals surface area contributed by atoms with Crippen LogP contribution < -0.4 is 10.1 Å². The predicted molar refractivity (Wildman–Crippen MR) is 88.8 cm³/mol. The summed E-state index contributed by atoms with van der Waals surface area (Å²) in [5, 5.41) is 14.1. The number of nitro benzene ring substituents is 1. The highest BCUT2D eigenvalue weighted by Gasteiger charge is 2.10. The van der Waals surface area contributed by atoms with Gasteiger partial charge in [-0.3, -0.25) is 10.1 Å². The van der Waals surface area contributed by atoms with E-state index in [1.54, 1.807) is 6.07 Å². The molecule has 0 fully saturated rings. The van der Waals surface area contributed by atoms with Crippen LogP contribution in [-0.4, -0.2) is 12.0 Å². The summed E-state index contributed by atoms with van der Waals surface area (Å²) in [6.45, 7) is 0.451. The molecule has 0 spiro atoms. The van der Waals surface area contributed by atoms with Gasteiger partial charge in [-0.25, -0.2) is 0 Å². The van der Waals surface area contributed by atoms with Crippen molar-refractivity contribution in [2.24, 2.45) is 0 Å². The molecule has 0 radical (unpaired) electrons. The molecular formula is C14H12Br2N2O3. The first-order valence-electron chi connectivity index (χ1n) is 6.01. The molecular weight excluding hydrogens is 404 g/mol. The average Bonchev–Trinajstić information content (AvgIpc) is 2.47. The van der Waals surface area contributed by atoms with E-state index in [2.05, 4.69) is 37.2 Å². The zero-order chi connectivity index (χ0) is 15.4. The topological polar surface area (TPSA) is 64.4 Å². The maximum Gasteiger partial charge on any atom is 0.273 e. The molecule has 0 aliphatic carbocycles. The van der Waals surface area contributed by atoms with Gasteiger partial charge >= 0.3 is 0 Å². The summed E-state index contributed by atoms with van der Waals surface area (Å²) in [6, 6.07) is 10.5. The monoisotopic (exact) mass is 414 g/mol. The van der Waals surface area contributed by atoms with Crippen LogP contribution in [-0.2, 0) is 6.54 Å². The average molecular weight is 416 g/mol. The Kier molecular flexibility index (Phi) is 5.19. The van der Waals surface area contributed by atoms with E-state index < -0.39 is 4.92 Å². The van der Waals surface area contributed by atoms with Gasteiger partial charge in [0.2, 0.25) is 0 Å². The molecule has 0 amide bonds. The van der Waals surface area contributed by atoms with E-state index in [0.29, 0.717) is 12.3 Å². The molecule has 2 aromatic rings. The van der Waals surface area contributed by atoms with Crippen LogP contribution in [0.15, 0.2) is 45.3 Å². The molecule has 0 heterocycles. The highest BCUT2D eigenvalue weighted by atomic mass is 79.9. The Labute approximate surface area is 138 Å². The molecule has 0 aliphatic heterocycles. The molecule has 0 saturated heterocycles. The summed E-state index contributed by atoms with van der Waals surface area (Å²) in [6.07, 6.45) is 0. The molecule has 0 unspecified atom stereocenters. The predicted octanol–water partition coefficient (Wildman–Crippen LogP) is 4.74. The lowest BCUT2D eigenvalue weighted by Crippen LogP contribution is -2.01. The summed E-state index contributed by atoms with van der Waals surface area (Å²) in [5.41, 5.74) is 1.68. The molecule has 110 valence electrons. The van der Waals surface area contributed by atoms with E-state index in [1.165, 1.54) is 19.2 Å². The second-order valence-electron chi connectivity index (χ2n) is 4.27. The van der Waals surface area contributed by atoms with Crippen LogP contribution in [0.4, 0.5) is 11.4 Å². The van der Waals surface area contributed by atoms with Gasteiger partial charge in [-0.05, 0) is 45.8 Å². The largest absolute Gasteiger partial charge is 0.496 e. The molecule has 7 heteroatoms. The summed E-state index contributed by atoms with van der Waals surface area (Å²) >= 11 is 6.86. The molecule has 0 aliphatic rings. The van der Waals surface area contributed by atoms with Crippen molar-refractivity contribution >= 4 is 43.2 Å². The minimum absolute atomic E-state index is 0.0134. The van der Waals surface area contributed by atoms with Gasteiger partial charge in [0, 0.05) is 27.2 Å². The fourth-order valence-corrected chi connectivity index (χ4v) is 2.55. The number of halogens is 2. The third kappa shape index (κ3) is 4.18. The summed E-state index contributed by atoms with van der Waals surface area (Å²) in [4.78, 5) is 10.5. The fraction of sp³-hybridized carbons (Fsp3) is 0.143. The number of anilines is 1. The first-order chi connectivity index (χ1) is 9.99. The van der Waals surface area contributed by atoms with Crippen molar-refractivity contribution in [3.05, 3.63) is 61.0 Å². The molecule has 0 atom stereocenters. The Hall–Kier alpha value is -1.60. The first-order valence-corrected chi connectivity index (χ1v) is 7.59. The zero-order valence-corrected chi connectivity index (χ0v) is 14.3. The van der Waals surface area contributed by atoms with Gasteiger partial charge in [0.25, 0.3) is 5.69 Å². The van der Waals surface area contributed by atoms with E-state index in [1.807, 2.05) is 18.2 Å². The molecule has 2 rings (SSSR count). The minimum Gasteiger partial charge on any atom is -0.496 e. The van der Waals surface area contributed by atoms with Crippen LogP contribution >= 0.6 is 31.9 Å². The maximum absolute atomic E-state index is 10.9. The number of benzene rings is 2. The second-order valence-corrected chi connectivity index (χ2v) is 6.04. The van der Waals surface area contributed by atoms with Crippen molar-refractivity contribution in [2.45, 2.75) is 6.54 Å². The second kappa shape index (κ2) is 6.91. The van der Waals surface area contributed by atoms with Crippen LogP contribution in [0, 0.1) is 10.1 Å². The molecule has 0 aromatic heterocycles. The number of ether oxygens (including phenoxy) is 1. The van der Waals surface area contributed by atoms with Gasteiger partial charge in [-0.1, -0.05) is 15.9 Å². The lowest BCUT2D eigenvalue weighted by molar-refractivity contribution is -0.385. The van der Waals surface area contributed by atoms with Crippen molar-refractivity contribution in [2.75, 3.05) is 12.4 Å². The number of hydrogen-bond donors (Lipinski definition) is 1. The lowest BCUT2D eigenvalue weighted by atomic mass is 10.2. The van der Waals surface area contributed by atoms with Crippen molar-refractivity contribution in [1.82, 2.24) is 0 Å². The van der Waals surface area contributed by atoms with Gasteiger partial charge in [-0.15, -0.1) is 0 Å². The smallest absolute Gasteiger partial charge is 0.273 e. The Bertz CT molecular complexity index is 677. The molecule has 0 saturated carbocycles. The fourth-order valence-electron chi connectivity index (χ4n) is 1.80. The SMILES string of the molecule is COc1cc(CNc2cc(Br)ccc2Br)cc([N+](=O)[O-])c1. The molecule has 21 heavy (non-hydrogen) atoms. The number of nitrogens with zero attached hydrogens (tertiary/aromatic N) is 1. The Balaban J connectivity index is 2.21. The third-order valence-corrected chi connectivity index (χ3v) is 3.99. The highest BCUT2D eigenvalue weighted by molar-refractivity contribution is 9.11. The highest BCUT2D eigenvalue weighted by Crippen LogP contribution is 2.28. The summed E-state index contributed by atoms with van der Waals surface area (Å²) in [7, 11) is 1.49. The third-order valence-electron chi connectivity index (χ3n) is 2.81. The van der Waals surface area contributed by atoms with Gasteiger partial charge < -0.3 is 10.1 Å². The van der Waals surface area contributed by atoms with Crippen LogP contribution in [0.5, 0.6) is 5.75 Å². The quantitative estimate of drug-likeness (QED) is 0.565. The number of rotatable bonds is 5. The molecule has 0 bridgehead atoms. The van der Waals surface area contributed by atoms with Crippen LogP contribution in [0.25, 0.3) is 0 Å². The maximum atomic E-state index is 10.9. The number of methoxy groups -OCH3 is 1. The van der Waals surface area contributed by atoms with Crippen LogP contribution in [0.3, 0.4) is 0 Å². The lowest BCUT2D eigenvalue weighted by Gasteiger charge is -2.10. The minimum atomic E-state index is -0.430. The Morgan fingerprint density at radius 1 is 1.24 bits per heavy atom. The van der Waals surface area contributed by atoms with Crippen molar-refractivity contribution in [3.63, 3.8) is 0 Å². The van der Waals surface area contributed by atoms with E-state index in [9.17, 15) is 10.1 Å². The number of non-ortho nitro benzene ring substituents is 1. The van der Waals surface area contributed by atoms with Crippen molar-refractivity contribution in [1.29, 1.82) is 0 Å². The summed E-state index contributed by atoms with van der Waals surface area (Å²) in [5.74, 6) is 0.467. The Morgan fingerprint density at radius 3 is 2.67 bits per heavy atom. The van der Waals surface area contributed by atoms with E-state index >= 15 is 0 Å². The number of hydrogen-bond acceptors (Lipinski definition) is 4. The van der Waals surface area contributed by atoms with Crippen molar-refractivity contribution < 1.29 is 9.66 Å². The summed E-state index contributed by atoms with van der Waals surface area (Å²) < 4.78 is 6.96. The number of nitro groups is 1. The van der Waals surface area contributed by atoms with Gasteiger partial charge in [0.15, 0.2) is 0 Å². The van der Waals surface area contributed by atoms with E-state index in [-0.39, 0.29) is 5.69 Å². The Morgan fingerprint density at radius 2 is 2.00 bits per heavy atom. The zero-order valence-electron chi connectivity index (χ0n) is 11.1. The van der Waals surface area contributed by atoms with Crippen molar-refractivity contribution in [3.8, 4) is 5.75 Å². The van der Waals surface area contributed by atoms with Gasteiger partial charge in [0.05, 0.1) is 18.1 Å². The van der Waals surface area contributed by atoms with Crippen LogP contribution in [0.1, 0.15) is 5.56 Å². The van der Waals surface area contributed by atoms with Gasteiger partial charge in [-0.2, -0.15) is 0 Å². The standard InChI is InChI=1S/C14H12Br2N2O3/c1-21-12-5-9(4-11(7-12)18(19)20)8-17-14-6-10(15)2-3-13(14)16/h2-7,17H,8H2,1H3. The molecule has 1 N–H and O–H groups in total. The first kappa shape index (κ1) is 15.8. The van der Waals surface area contributed by atoms with Gasteiger partial charge in [0.1, 0.15) is 5.75 Å². The van der Waals surface area contributed by atoms with E-state index in [4.69, 9.17) is 4.74 Å².